The maximum Gasteiger partial charge on any atom is 0.411 e. The summed E-state index contributed by atoms with van der Waals surface area (Å²) in [6.07, 6.45) is 0.900. The van der Waals surface area contributed by atoms with Crippen LogP contribution in [0.5, 0.6) is 0 Å². The number of ether oxygens (including phenoxy) is 2. The number of fused-ring (bicyclic) bond motifs is 1. The van der Waals surface area contributed by atoms with Crippen LogP contribution in [-0.4, -0.2) is 62.3 Å². The number of primary amides is 1. The van der Waals surface area contributed by atoms with Gasteiger partial charge in [-0.15, -0.1) is 0 Å². The van der Waals surface area contributed by atoms with E-state index in [1.807, 2.05) is 37.3 Å². The standard InChI is InChI=1S/C35H37N5O8.C4H10N2O/c1-22-17-31(42)48-29-18-27(11-12-28(22)29)39-34(44)46-21-24-7-9-26(10-8-24)38-30(41)19-37-33(43)32(25-13-15-36-16-14-25)40-35(45)47-20-23-5-3-2-4-6-23;1-2-3-6-4(5)7/h2-12,17-18,25,32,36H,13-16,19-21H2,1H3,(H,37,43)(H,38,41)(H,39,44)(H,40,45);2-3H2,1H3,(H3,5,6,7). The lowest BCUT2D eigenvalue weighted by molar-refractivity contribution is -0.126. The van der Waals surface area contributed by atoms with Crippen LogP contribution >= 0.6 is 0 Å². The van der Waals surface area contributed by atoms with Crippen molar-refractivity contribution in [2.45, 2.75) is 52.4 Å². The molecule has 0 spiro atoms. The molecule has 1 aliphatic rings. The Morgan fingerprint density at radius 2 is 1.49 bits per heavy atom. The first-order valence-corrected chi connectivity index (χ1v) is 17.9. The molecule has 2 heterocycles. The van der Waals surface area contributed by atoms with Crippen molar-refractivity contribution in [3.8, 4) is 0 Å². The van der Waals surface area contributed by atoms with Crippen molar-refractivity contribution in [3.63, 3.8) is 0 Å². The van der Waals surface area contributed by atoms with E-state index in [0.29, 0.717) is 55.0 Å². The number of alkyl carbamates (subject to hydrolysis) is 1. The van der Waals surface area contributed by atoms with Gasteiger partial charge in [-0.3, -0.25) is 14.9 Å². The number of carbonyl (C=O) groups excluding carboxylic acids is 5. The summed E-state index contributed by atoms with van der Waals surface area (Å²) in [5.74, 6) is -1.04. The second kappa shape index (κ2) is 21.3. The number of benzene rings is 3. The van der Waals surface area contributed by atoms with Crippen LogP contribution < -0.4 is 43.3 Å². The Kier molecular flexibility index (Phi) is 16.0. The fourth-order valence-electron chi connectivity index (χ4n) is 5.59. The van der Waals surface area contributed by atoms with Gasteiger partial charge < -0.3 is 46.2 Å². The molecule has 0 saturated carbocycles. The lowest BCUT2D eigenvalue weighted by Gasteiger charge is -2.30. The average molecular weight is 758 g/mol. The van der Waals surface area contributed by atoms with E-state index in [4.69, 9.17) is 19.6 Å². The zero-order chi connectivity index (χ0) is 39.6. The van der Waals surface area contributed by atoms with Crippen LogP contribution in [0, 0.1) is 12.8 Å². The van der Waals surface area contributed by atoms with E-state index in [0.717, 1.165) is 22.9 Å². The molecule has 5 rings (SSSR count). The van der Waals surface area contributed by atoms with Gasteiger partial charge in [0.1, 0.15) is 24.8 Å². The van der Waals surface area contributed by atoms with Gasteiger partial charge in [0, 0.05) is 35.4 Å². The van der Waals surface area contributed by atoms with Crippen LogP contribution in [0.25, 0.3) is 11.0 Å². The van der Waals surface area contributed by atoms with E-state index in [1.165, 1.54) is 6.07 Å². The number of carbonyl (C=O) groups is 5. The number of piperidine rings is 1. The third-order valence-corrected chi connectivity index (χ3v) is 8.40. The first kappa shape index (κ1) is 41.3. The molecule has 0 aliphatic carbocycles. The Morgan fingerprint density at radius 3 is 2.15 bits per heavy atom. The van der Waals surface area contributed by atoms with Crippen molar-refractivity contribution in [2.24, 2.45) is 11.7 Å². The zero-order valence-corrected chi connectivity index (χ0v) is 30.8. The number of hydrogen-bond donors (Lipinski definition) is 7. The summed E-state index contributed by atoms with van der Waals surface area (Å²) in [5, 5.41) is 17.1. The summed E-state index contributed by atoms with van der Waals surface area (Å²) < 4.78 is 15.8. The van der Waals surface area contributed by atoms with Gasteiger partial charge in [0.15, 0.2) is 0 Å². The molecule has 3 aromatic carbocycles. The van der Waals surface area contributed by atoms with Crippen molar-refractivity contribution in [3.05, 3.63) is 106 Å². The summed E-state index contributed by atoms with van der Waals surface area (Å²) in [6.45, 7) is 5.61. The van der Waals surface area contributed by atoms with Crippen molar-refractivity contribution < 1.29 is 37.9 Å². The van der Waals surface area contributed by atoms with E-state index in [2.05, 4.69) is 31.9 Å². The summed E-state index contributed by atoms with van der Waals surface area (Å²) >= 11 is 0. The number of nitrogens with two attached hydrogens (primary N) is 1. The minimum atomic E-state index is -0.856. The molecular weight excluding hydrogens is 710 g/mol. The highest BCUT2D eigenvalue weighted by molar-refractivity contribution is 5.96. The first-order valence-electron chi connectivity index (χ1n) is 17.9. The van der Waals surface area contributed by atoms with Crippen LogP contribution in [-0.2, 0) is 32.3 Å². The molecule has 1 fully saturated rings. The largest absolute Gasteiger partial charge is 0.445 e. The highest BCUT2D eigenvalue weighted by Crippen LogP contribution is 2.21. The molecule has 1 aromatic heterocycles. The molecule has 16 heteroatoms. The lowest BCUT2D eigenvalue weighted by atomic mass is 9.89. The fraction of sp³-hybridized carbons (Fsp3) is 0.333. The average Bonchev–Trinajstić information content (AvgIpc) is 3.18. The van der Waals surface area contributed by atoms with E-state index in [-0.39, 0.29) is 25.7 Å². The highest BCUT2D eigenvalue weighted by atomic mass is 16.6. The Balaban J connectivity index is 0.000000876. The van der Waals surface area contributed by atoms with Crippen molar-refractivity contribution >= 4 is 52.4 Å². The van der Waals surface area contributed by atoms with Gasteiger partial charge in [0.2, 0.25) is 11.8 Å². The molecule has 1 unspecified atom stereocenters. The molecule has 16 nitrogen and oxygen atoms in total. The summed E-state index contributed by atoms with van der Waals surface area (Å²) in [5.41, 5.74) is 7.76. The Labute approximate surface area is 317 Å². The van der Waals surface area contributed by atoms with Gasteiger partial charge in [0.05, 0.1) is 6.54 Å². The third-order valence-electron chi connectivity index (χ3n) is 8.40. The fourth-order valence-corrected chi connectivity index (χ4v) is 5.59. The van der Waals surface area contributed by atoms with Gasteiger partial charge >= 0.3 is 23.8 Å². The van der Waals surface area contributed by atoms with Gasteiger partial charge in [-0.25, -0.2) is 19.2 Å². The molecule has 6 amide bonds. The monoisotopic (exact) mass is 757 g/mol. The molecule has 1 atom stereocenters. The van der Waals surface area contributed by atoms with Crippen LogP contribution in [0.4, 0.5) is 25.8 Å². The number of amides is 6. The number of hydrogen-bond acceptors (Lipinski definition) is 10. The number of nitrogens with one attached hydrogen (secondary N) is 6. The SMILES string of the molecule is CCCNC(N)=O.Cc1cc(=O)oc2cc(NC(=O)OCc3ccc(NC(=O)CNC(=O)C(NC(=O)OCc4ccccc4)C4CCNCC4)cc3)ccc12. The van der Waals surface area contributed by atoms with Crippen molar-refractivity contribution in [1.82, 2.24) is 21.3 Å². The lowest BCUT2D eigenvalue weighted by Crippen LogP contribution is -2.54. The van der Waals surface area contributed by atoms with E-state index in [1.54, 1.807) is 49.4 Å². The van der Waals surface area contributed by atoms with E-state index >= 15 is 0 Å². The normalized spacial score (nSPS) is 12.9. The Morgan fingerprint density at radius 1 is 0.836 bits per heavy atom. The van der Waals surface area contributed by atoms with Crippen molar-refractivity contribution in [1.29, 1.82) is 0 Å². The van der Waals surface area contributed by atoms with E-state index < -0.39 is 41.7 Å². The predicted octanol–water partition coefficient (Wildman–Crippen LogP) is 4.26. The Hall–Kier alpha value is -6.42. The second-order valence-corrected chi connectivity index (χ2v) is 12.7. The quantitative estimate of drug-likeness (QED) is 0.0958. The molecule has 0 radical (unpaired) electrons. The van der Waals surface area contributed by atoms with Crippen LogP contribution in [0.15, 0.2) is 88.1 Å². The molecule has 4 aromatic rings. The molecule has 1 aliphatic heterocycles. The molecule has 292 valence electrons. The smallest absolute Gasteiger partial charge is 0.411 e. The van der Waals surface area contributed by atoms with Crippen LogP contribution in [0.2, 0.25) is 0 Å². The highest BCUT2D eigenvalue weighted by Gasteiger charge is 2.31. The maximum absolute atomic E-state index is 13.1. The summed E-state index contributed by atoms with van der Waals surface area (Å²) in [6, 6.07) is 21.0. The number of anilines is 2. The van der Waals surface area contributed by atoms with Gasteiger partial charge in [0.25, 0.3) is 0 Å². The topological polar surface area (TPSA) is 232 Å². The maximum atomic E-state index is 13.1. The molecule has 1 saturated heterocycles. The molecular formula is C39H47N7O9. The first-order chi connectivity index (χ1) is 26.5. The third kappa shape index (κ3) is 14.2. The second-order valence-electron chi connectivity index (χ2n) is 12.7. The minimum absolute atomic E-state index is 0.0310. The van der Waals surface area contributed by atoms with Crippen molar-refractivity contribution in [2.75, 3.05) is 36.8 Å². The van der Waals surface area contributed by atoms with Crippen LogP contribution in [0.1, 0.15) is 42.9 Å². The zero-order valence-electron chi connectivity index (χ0n) is 30.8. The van der Waals surface area contributed by atoms with Crippen LogP contribution in [0.3, 0.4) is 0 Å². The number of rotatable bonds is 13. The summed E-state index contributed by atoms with van der Waals surface area (Å²) in [4.78, 5) is 72.2. The summed E-state index contributed by atoms with van der Waals surface area (Å²) in [7, 11) is 0. The predicted molar refractivity (Wildman–Crippen MR) is 206 cm³/mol. The number of aryl methyl sites for hydroxylation is 1. The number of urea groups is 1. The van der Waals surface area contributed by atoms with E-state index in [9.17, 15) is 28.8 Å². The Bertz CT molecular complexity index is 1960. The van der Waals surface area contributed by atoms with Gasteiger partial charge in [-0.05, 0) is 86.1 Å². The van der Waals surface area contributed by atoms with Gasteiger partial charge in [-0.2, -0.15) is 0 Å². The minimum Gasteiger partial charge on any atom is -0.445 e. The molecule has 8 N–H and O–H groups in total. The molecule has 55 heavy (non-hydrogen) atoms. The molecule has 0 bridgehead atoms. The van der Waals surface area contributed by atoms with Gasteiger partial charge in [-0.1, -0.05) is 49.4 Å².